The number of methoxy groups -OCH3 is 1. The molecule has 3 heterocycles. The Morgan fingerprint density at radius 3 is 2.77 bits per heavy atom. The van der Waals surface area contributed by atoms with Crippen LogP contribution in [0.3, 0.4) is 0 Å². The van der Waals surface area contributed by atoms with Gasteiger partial charge in [-0.25, -0.2) is 4.98 Å². The lowest BCUT2D eigenvalue weighted by Crippen LogP contribution is -2.16. The van der Waals surface area contributed by atoms with Crippen LogP contribution in [0.5, 0.6) is 0 Å². The third-order valence-corrected chi connectivity index (χ3v) is 4.35. The fourth-order valence-corrected chi connectivity index (χ4v) is 3.14. The highest BCUT2D eigenvalue weighted by Crippen LogP contribution is 2.29. The average molecular weight is 348 g/mol. The lowest BCUT2D eigenvalue weighted by Gasteiger charge is -2.07. The van der Waals surface area contributed by atoms with Gasteiger partial charge in [-0.3, -0.25) is 14.6 Å². The zero-order valence-electron chi connectivity index (χ0n) is 14.3. The minimum atomic E-state index is -0.296. The van der Waals surface area contributed by atoms with Crippen molar-refractivity contribution in [2.24, 2.45) is 0 Å². The summed E-state index contributed by atoms with van der Waals surface area (Å²) in [4.78, 5) is 39.6. The van der Waals surface area contributed by atoms with Crippen molar-refractivity contribution in [1.29, 1.82) is 0 Å². The van der Waals surface area contributed by atoms with E-state index in [1.165, 1.54) is 7.11 Å². The maximum absolute atomic E-state index is 13.0. The Kier molecular flexibility index (Phi) is 3.85. The summed E-state index contributed by atoms with van der Waals surface area (Å²) in [5.74, 6) is -0.133. The number of ether oxygens (including phenoxy) is 1. The molecule has 0 aliphatic carbocycles. The number of pyridine rings is 1. The van der Waals surface area contributed by atoms with E-state index < -0.39 is 0 Å². The number of carbonyl (C=O) groups excluding carboxylic acids is 1. The van der Waals surface area contributed by atoms with Gasteiger partial charge < -0.3 is 14.7 Å². The molecule has 2 N–H and O–H groups in total. The second-order valence-corrected chi connectivity index (χ2v) is 6.05. The van der Waals surface area contributed by atoms with Crippen LogP contribution < -0.4 is 5.56 Å². The molecule has 0 radical (unpaired) electrons. The first-order chi connectivity index (χ1) is 12.6. The Hall–Kier alpha value is -3.32. The molecule has 0 fully saturated rings. The molecule has 0 saturated heterocycles. The Bertz CT molecular complexity index is 1190. The van der Waals surface area contributed by atoms with Gasteiger partial charge in [0, 0.05) is 36.7 Å². The van der Waals surface area contributed by atoms with Crippen molar-refractivity contribution in [1.82, 2.24) is 19.9 Å². The van der Waals surface area contributed by atoms with Crippen molar-refractivity contribution in [2.45, 2.75) is 13.5 Å². The highest BCUT2D eigenvalue weighted by atomic mass is 16.5. The average Bonchev–Trinajstić information content (AvgIpc) is 3.09. The van der Waals surface area contributed by atoms with Crippen LogP contribution in [-0.2, 0) is 11.3 Å². The maximum Gasteiger partial charge on any atom is 0.272 e. The van der Waals surface area contributed by atoms with E-state index in [0.717, 1.165) is 11.1 Å². The van der Waals surface area contributed by atoms with Crippen molar-refractivity contribution < 1.29 is 9.53 Å². The second-order valence-electron chi connectivity index (χ2n) is 6.05. The van der Waals surface area contributed by atoms with E-state index in [-0.39, 0.29) is 23.6 Å². The number of rotatable bonds is 4. The van der Waals surface area contributed by atoms with E-state index in [4.69, 9.17) is 4.74 Å². The van der Waals surface area contributed by atoms with Gasteiger partial charge in [0.25, 0.3) is 5.56 Å². The summed E-state index contributed by atoms with van der Waals surface area (Å²) in [6, 6.07) is 5.19. The predicted molar refractivity (Wildman–Crippen MR) is 97.3 cm³/mol. The summed E-state index contributed by atoms with van der Waals surface area (Å²) in [6.45, 7) is 2.01. The summed E-state index contributed by atoms with van der Waals surface area (Å²) in [6.07, 6.45) is 4.85. The van der Waals surface area contributed by atoms with Gasteiger partial charge in [-0.1, -0.05) is 0 Å². The molecule has 4 rings (SSSR count). The summed E-state index contributed by atoms with van der Waals surface area (Å²) < 4.78 is 5.06. The predicted octanol–water partition coefficient (Wildman–Crippen LogP) is 2.49. The summed E-state index contributed by atoms with van der Waals surface area (Å²) >= 11 is 0. The smallest absolute Gasteiger partial charge is 0.272 e. The van der Waals surface area contributed by atoms with E-state index in [9.17, 15) is 9.59 Å². The van der Waals surface area contributed by atoms with Crippen LogP contribution in [0.15, 0.2) is 41.6 Å². The third kappa shape index (κ3) is 2.49. The van der Waals surface area contributed by atoms with E-state index in [0.29, 0.717) is 27.5 Å². The first-order valence-corrected chi connectivity index (χ1v) is 8.07. The molecule has 1 aromatic carbocycles. The van der Waals surface area contributed by atoms with Gasteiger partial charge in [-0.15, -0.1) is 0 Å². The third-order valence-electron chi connectivity index (χ3n) is 4.35. The van der Waals surface area contributed by atoms with Gasteiger partial charge in [-0.05, 0) is 30.7 Å². The number of hydrogen-bond donors (Lipinski definition) is 2. The number of nitrogens with one attached hydrogen (secondary N) is 2. The molecule has 0 atom stereocenters. The molecule has 130 valence electrons. The number of benzene rings is 1. The molecule has 0 spiro atoms. The summed E-state index contributed by atoms with van der Waals surface area (Å²) in [5.41, 5.74) is 3.90. The lowest BCUT2D eigenvalue weighted by molar-refractivity contribution is 0.104. The molecule has 0 aliphatic heterocycles. The number of ketones is 1. The number of H-pyrrole nitrogens is 2. The van der Waals surface area contributed by atoms with Crippen LogP contribution >= 0.6 is 0 Å². The molecule has 0 bridgehead atoms. The largest absolute Gasteiger partial charge is 0.378 e. The molecule has 0 unspecified atom stereocenters. The minimum Gasteiger partial charge on any atom is -0.378 e. The molecule has 0 saturated carbocycles. The van der Waals surface area contributed by atoms with E-state index >= 15 is 0 Å². The standard InChI is InChI=1S/C19H16N4O3/c1-10-7-13-17(22-14(9-26-2)19(25)23-13)15-12(8-21-16(10)15)18(24)11-3-5-20-6-4-11/h3-8,21H,9H2,1-2H3,(H,23,25). The van der Waals surface area contributed by atoms with Gasteiger partial charge in [0.2, 0.25) is 0 Å². The van der Waals surface area contributed by atoms with Crippen molar-refractivity contribution in [3.63, 3.8) is 0 Å². The van der Waals surface area contributed by atoms with Crippen molar-refractivity contribution >= 4 is 27.7 Å². The van der Waals surface area contributed by atoms with Gasteiger partial charge in [0.15, 0.2) is 5.78 Å². The fourth-order valence-electron chi connectivity index (χ4n) is 3.14. The van der Waals surface area contributed by atoms with Crippen molar-refractivity contribution in [3.05, 3.63) is 69.5 Å². The van der Waals surface area contributed by atoms with Crippen LogP contribution in [0, 0.1) is 6.92 Å². The number of aromatic amines is 2. The number of hydrogen-bond acceptors (Lipinski definition) is 5. The Labute approximate surface area is 148 Å². The van der Waals surface area contributed by atoms with Crippen LogP contribution in [0.2, 0.25) is 0 Å². The number of carbonyl (C=O) groups is 1. The van der Waals surface area contributed by atoms with Crippen LogP contribution in [0.1, 0.15) is 27.2 Å². The van der Waals surface area contributed by atoms with Gasteiger partial charge in [0.05, 0.1) is 28.7 Å². The second kappa shape index (κ2) is 6.20. The zero-order chi connectivity index (χ0) is 18.3. The Balaban J connectivity index is 2.05. The van der Waals surface area contributed by atoms with E-state index in [2.05, 4.69) is 19.9 Å². The number of aryl methyl sites for hydroxylation is 1. The zero-order valence-corrected chi connectivity index (χ0v) is 14.3. The molecule has 4 aromatic rings. The van der Waals surface area contributed by atoms with E-state index in [1.54, 1.807) is 30.7 Å². The molecular weight excluding hydrogens is 332 g/mol. The topological polar surface area (TPSA) is 101 Å². The van der Waals surface area contributed by atoms with Crippen molar-refractivity contribution in [3.8, 4) is 0 Å². The highest BCUT2D eigenvalue weighted by Gasteiger charge is 2.19. The van der Waals surface area contributed by atoms with Crippen LogP contribution in [0.25, 0.3) is 21.9 Å². The molecule has 26 heavy (non-hydrogen) atoms. The number of fused-ring (bicyclic) bond motifs is 3. The van der Waals surface area contributed by atoms with Gasteiger partial charge in [-0.2, -0.15) is 0 Å². The fraction of sp³-hybridized carbons (Fsp3) is 0.158. The maximum atomic E-state index is 13.0. The minimum absolute atomic E-state index is 0.0959. The molecule has 0 amide bonds. The Morgan fingerprint density at radius 1 is 1.27 bits per heavy atom. The summed E-state index contributed by atoms with van der Waals surface area (Å²) in [7, 11) is 1.50. The normalized spacial score (nSPS) is 11.3. The molecule has 7 heteroatoms. The quantitative estimate of drug-likeness (QED) is 0.552. The van der Waals surface area contributed by atoms with Gasteiger partial charge >= 0.3 is 0 Å². The molecular formula is C19H16N4O3. The van der Waals surface area contributed by atoms with Crippen LogP contribution in [-0.4, -0.2) is 32.8 Å². The number of aromatic nitrogens is 4. The Morgan fingerprint density at radius 2 is 2.04 bits per heavy atom. The highest BCUT2D eigenvalue weighted by molar-refractivity contribution is 6.21. The SMILES string of the molecule is COCc1nc2c(cc(C)c3[nH]cc(C(=O)c4ccncc4)c32)[nH]c1=O. The molecule has 7 nitrogen and oxygen atoms in total. The van der Waals surface area contributed by atoms with Crippen LogP contribution in [0.4, 0.5) is 0 Å². The summed E-state index contributed by atoms with van der Waals surface area (Å²) in [5, 5.41) is 0.690. The van der Waals surface area contributed by atoms with Gasteiger partial charge in [0.1, 0.15) is 5.69 Å². The number of nitrogens with zero attached hydrogens (tertiary/aromatic N) is 2. The first-order valence-electron chi connectivity index (χ1n) is 8.07. The van der Waals surface area contributed by atoms with Crippen molar-refractivity contribution in [2.75, 3.05) is 7.11 Å². The first kappa shape index (κ1) is 16.2. The molecule has 0 aliphatic rings. The monoisotopic (exact) mass is 348 g/mol. The lowest BCUT2D eigenvalue weighted by atomic mass is 10.0. The van der Waals surface area contributed by atoms with E-state index in [1.807, 2.05) is 13.0 Å². The molecule has 3 aromatic heterocycles.